The molecule has 3 rings (SSSR count). The van der Waals surface area contributed by atoms with E-state index in [-0.39, 0.29) is 18.3 Å². The topological polar surface area (TPSA) is 78.7 Å². The van der Waals surface area contributed by atoms with Crippen LogP contribution in [-0.2, 0) is 0 Å². The average molecular weight is 339 g/mol. The molecule has 0 spiro atoms. The second-order valence-corrected chi connectivity index (χ2v) is 5.89. The maximum absolute atomic E-state index is 12.8. The Morgan fingerprint density at radius 1 is 1.09 bits per heavy atom. The van der Waals surface area contributed by atoms with Gasteiger partial charge in [0, 0.05) is 38.3 Å². The SMILES string of the molecule is Cl.NC(=O)N1CCN(C(=O)c2ccccc2C2CCNC2)CC1. The van der Waals surface area contributed by atoms with Gasteiger partial charge in [0.2, 0.25) is 0 Å². The van der Waals surface area contributed by atoms with Gasteiger partial charge in [-0.05, 0) is 30.5 Å². The van der Waals surface area contributed by atoms with E-state index in [0.29, 0.717) is 32.1 Å². The monoisotopic (exact) mass is 338 g/mol. The number of carbonyl (C=O) groups is 2. The van der Waals surface area contributed by atoms with Crippen molar-refractivity contribution in [2.45, 2.75) is 12.3 Å². The summed E-state index contributed by atoms with van der Waals surface area (Å²) in [4.78, 5) is 27.4. The van der Waals surface area contributed by atoms with Gasteiger partial charge in [-0.25, -0.2) is 4.79 Å². The third-order valence-electron chi connectivity index (χ3n) is 4.57. The molecule has 23 heavy (non-hydrogen) atoms. The highest BCUT2D eigenvalue weighted by atomic mass is 35.5. The molecule has 2 saturated heterocycles. The highest BCUT2D eigenvalue weighted by Gasteiger charge is 2.27. The third kappa shape index (κ3) is 3.76. The molecule has 3 amide bonds. The Labute approximate surface area is 142 Å². The van der Waals surface area contributed by atoms with Crippen LogP contribution in [0, 0.1) is 0 Å². The minimum Gasteiger partial charge on any atom is -0.351 e. The van der Waals surface area contributed by atoms with Gasteiger partial charge in [0.15, 0.2) is 0 Å². The van der Waals surface area contributed by atoms with Gasteiger partial charge in [-0.3, -0.25) is 4.79 Å². The fraction of sp³-hybridized carbons (Fsp3) is 0.500. The average Bonchev–Trinajstić information content (AvgIpc) is 3.08. The highest BCUT2D eigenvalue weighted by molar-refractivity contribution is 5.96. The summed E-state index contributed by atoms with van der Waals surface area (Å²) >= 11 is 0. The number of nitrogens with two attached hydrogens (primary N) is 1. The van der Waals surface area contributed by atoms with Crippen LogP contribution in [0.15, 0.2) is 24.3 Å². The maximum atomic E-state index is 12.8. The van der Waals surface area contributed by atoms with Gasteiger partial charge in [-0.15, -0.1) is 12.4 Å². The van der Waals surface area contributed by atoms with Gasteiger partial charge < -0.3 is 20.9 Å². The number of carbonyl (C=O) groups excluding carboxylic acids is 2. The van der Waals surface area contributed by atoms with E-state index in [1.165, 1.54) is 0 Å². The van der Waals surface area contributed by atoms with E-state index in [2.05, 4.69) is 11.4 Å². The van der Waals surface area contributed by atoms with Gasteiger partial charge in [-0.1, -0.05) is 18.2 Å². The molecule has 7 heteroatoms. The summed E-state index contributed by atoms with van der Waals surface area (Å²) in [6, 6.07) is 7.47. The van der Waals surface area contributed by atoms with Gasteiger partial charge in [0.1, 0.15) is 0 Å². The second-order valence-electron chi connectivity index (χ2n) is 5.89. The van der Waals surface area contributed by atoms with Gasteiger partial charge in [-0.2, -0.15) is 0 Å². The van der Waals surface area contributed by atoms with Gasteiger partial charge in [0.25, 0.3) is 5.91 Å². The van der Waals surface area contributed by atoms with Crippen LogP contribution < -0.4 is 11.1 Å². The second kappa shape index (κ2) is 7.66. The van der Waals surface area contributed by atoms with Gasteiger partial charge in [0.05, 0.1) is 0 Å². The van der Waals surface area contributed by atoms with Crippen LogP contribution in [0.5, 0.6) is 0 Å². The van der Waals surface area contributed by atoms with Crippen LogP contribution in [0.3, 0.4) is 0 Å². The highest BCUT2D eigenvalue weighted by Crippen LogP contribution is 2.26. The van der Waals surface area contributed by atoms with Crippen molar-refractivity contribution in [2.75, 3.05) is 39.3 Å². The molecule has 3 N–H and O–H groups in total. The molecular formula is C16H23ClN4O2. The van der Waals surface area contributed by atoms with Crippen molar-refractivity contribution >= 4 is 24.3 Å². The summed E-state index contributed by atoms with van der Waals surface area (Å²) in [5, 5.41) is 3.35. The number of halogens is 1. The molecule has 0 radical (unpaired) electrons. The number of nitrogens with one attached hydrogen (secondary N) is 1. The van der Waals surface area contributed by atoms with E-state index < -0.39 is 6.03 Å². The van der Waals surface area contributed by atoms with Crippen molar-refractivity contribution in [1.82, 2.24) is 15.1 Å². The Bertz CT molecular complexity index is 567. The lowest BCUT2D eigenvalue weighted by molar-refractivity contribution is 0.0668. The quantitative estimate of drug-likeness (QED) is 0.845. The van der Waals surface area contributed by atoms with Gasteiger partial charge >= 0.3 is 6.03 Å². The van der Waals surface area contributed by atoms with E-state index in [4.69, 9.17) is 5.73 Å². The number of nitrogens with zero attached hydrogens (tertiary/aromatic N) is 2. The number of benzene rings is 1. The van der Waals surface area contributed by atoms with E-state index in [1.807, 2.05) is 23.1 Å². The minimum absolute atomic E-state index is 0. The molecule has 0 aromatic heterocycles. The summed E-state index contributed by atoms with van der Waals surface area (Å²) in [5.74, 6) is 0.471. The first-order chi connectivity index (χ1) is 10.7. The molecule has 0 bridgehead atoms. The molecule has 126 valence electrons. The van der Waals surface area contributed by atoms with E-state index >= 15 is 0 Å². The zero-order valence-corrected chi connectivity index (χ0v) is 13.8. The van der Waals surface area contributed by atoms with E-state index in [1.54, 1.807) is 4.90 Å². The summed E-state index contributed by atoms with van der Waals surface area (Å²) < 4.78 is 0. The predicted octanol–water partition coefficient (Wildman–Crippen LogP) is 1.02. The van der Waals surface area contributed by atoms with Crippen molar-refractivity contribution < 1.29 is 9.59 Å². The van der Waals surface area contributed by atoms with Crippen molar-refractivity contribution in [3.05, 3.63) is 35.4 Å². The molecule has 6 nitrogen and oxygen atoms in total. The Balaban J connectivity index is 0.00000192. The van der Waals surface area contributed by atoms with E-state index in [0.717, 1.165) is 30.6 Å². The summed E-state index contributed by atoms with van der Waals surface area (Å²) in [7, 11) is 0. The normalized spacial score (nSPS) is 21.0. The standard InChI is InChI=1S/C16H22N4O2.ClH/c17-16(22)20-9-7-19(8-10-20)15(21)14-4-2-1-3-13(14)12-5-6-18-11-12;/h1-4,12,18H,5-11H2,(H2,17,22);1H. The van der Waals surface area contributed by atoms with Crippen LogP contribution in [0.1, 0.15) is 28.3 Å². The first-order valence-corrected chi connectivity index (χ1v) is 7.80. The summed E-state index contributed by atoms with van der Waals surface area (Å²) in [6.45, 7) is 4.03. The lowest BCUT2D eigenvalue weighted by Crippen LogP contribution is -2.52. The smallest absolute Gasteiger partial charge is 0.314 e. The van der Waals surface area contributed by atoms with E-state index in [9.17, 15) is 9.59 Å². The zero-order chi connectivity index (χ0) is 15.5. The molecule has 2 heterocycles. The molecule has 2 aliphatic heterocycles. The first-order valence-electron chi connectivity index (χ1n) is 7.80. The molecule has 1 aromatic rings. The molecule has 2 fully saturated rings. The Morgan fingerprint density at radius 2 is 1.74 bits per heavy atom. The maximum Gasteiger partial charge on any atom is 0.314 e. The largest absolute Gasteiger partial charge is 0.351 e. The lowest BCUT2D eigenvalue weighted by atomic mass is 9.93. The number of hydrogen-bond donors (Lipinski definition) is 2. The number of amides is 3. The van der Waals surface area contributed by atoms with Crippen LogP contribution >= 0.6 is 12.4 Å². The molecular weight excluding hydrogens is 316 g/mol. The minimum atomic E-state index is -0.412. The number of primary amides is 1. The number of hydrogen-bond acceptors (Lipinski definition) is 3. The molecule has 0 aliphatic carbocycles. The van der Waals surface area contributed by atoms with Crippen LogP contribution in [-0.4, -0.2) is 61.0 Å². The fourth-order valence-corrected chi connectivity index (χ4v) is 3.27. The molecule has 0 saturated carbocycles. The van der Waals surface area contributed by atoms with Crippen molar-refractivity contribution in [1.29, 1.82) is 0 Å². The van der Waals surface area contributed by atoms with Crippen LogP contribution in [0.2, 0.25) is 0 Å². The predicted molar refractivity (Wildman–Crippen MR) is 91.0 cm³/mol. The number of rotatable bonds is 2. The lowest BCUT2D eigenvalue weighted by Gasteiger charge is -2.34. The third-order valence-corrected chi connectivity index (χ3v) is 4.57. The fourth-order valence-electron chi connectivity index (χ4n) is 3.27. The zero-order valence-electron chi connectivity index (χ0n) is 13.0. The van der Waals surface area contributed by atoms with Crippen molar-refractivity contribution in [3.8, 4) is 0 Å². The summed E-state index contributed by atoms with van der Waals surface area (Å²) in [5.41, 5.74) is 7.21. The summed E-state index contributed by atoms with van der Waals surface area (Å²) in [6.07, 6.45) is 1.07. The Kier molecular flexibility index (Phi) is 5.85. The first kappa shape index (κ1) is 17.6. The van der Waals surface area contributed by atoms with Crippen molar-refractivity contribution in [2.24, 2.45) is 5.73 Å². The Morgan fingerprint density at radius 3 is 2.35 bits per heavy atom. The van der Waals surface area contributed by atoms with Crippen molar-refractivity contribution in [3.63, 3.8) is 0 Å². The molecule has 1 atom stereocenters. The Hall–Kier alpha value is -1.79. The number of piperazine rings is 1. The number of urea groups is 1. The van der Waals surface area contributed by atoms with Crippen LogP contribution in [0.4, 0.5) is 4.79 Å². The molecule has 2 aliphatic rings. The van der Waals surface area contributed by atoms with Crippen LogP contribution in [0.25, 0.3) is 0 Å². The molecule has 1 aromatic carbocycles. The molecule has 1 unspecified atom stereocenters.